The summed E-state index contributed by atoms with van der Waals surface area (Å²) >= 11 is 0. The van der Waals surface area contributed by atoms with E-state index in [0.717, 1.165) is 57.5 Å². The molecule has 1 amide bonds. The van der Waals surface area contributed by atoms with Gasteiger partial charge in [0.1, 0.15) is 0 Å². The van der Waals surface area contributed by atoms with Gasteiger partial charge in [-0.05, 0) is 37.5 Å². The molecule has 2 saturated heterocycles. The maximum absolute atomic E-state index is 13.0. The molecule has 4 nitrogen and oxygen atoms in total. The summed E-state index contributed by atoms with van der Waals surface area (Å²) in [4.78, 5) is 17.8. The molecule has 4 fully saturated rings. The standard InChI is InChI=1S/C19H33N3O.ClH/c23-19(17-6-5-15-3-1-2-4-16(15)13-17)22-10-7-18(14-22)21-11-8-20-9-12-21;/h15-18,20H,1-14H2;1H. The van der Waals surface area contributed by atoms with Crippen LogP contribution < -0.4 is 5.32 Å². The predicted octanol–water partition coefficient (Wildman–Crippen LogP) is 2.52. The van der Waals surface area contributed by atoms with Crippen LogP contribution in [0.4, 0.5) is 0 Å². The van der Waals surface area contributed by atoms with E-state index in [4.69, 9.17) is 0 Å². The number of carbonyl (C=O) groups excluding carboxylic acids is 1. The number of halogens is 1. The van der Waals surface area contributed by atoms with Crippen LogP contribution in [0.25, 0.3) is 0 Å². The number of hydrogen-bond acceptors (Lipinski definition) is 3. The molecule has 4 atom stereocenters. The molecule has 4 rings (SSSR count). The average molecular weight is 356 g/mol. The number of carbonyl (C=O) groups is 1. The van der Waals surface area contributed by atoms with Crippen LogP contribution in [-0.2, 0) is 4.79 Å². The van der Waals surface area contributed by atoms with Crippen LogP contribution in [0.1, 0.15) is 51.4 Å². The average Bonchev–Trinajstić information content (AvgIpc) is 3.11. The first kappa shape index (κ1) is 18.5. The molecule has 0 spiro atoms. The molecule has 0 radical (unpaired) electrons. The van der Waals surface area contributed by atoms with Crippen LogP contribution in [0.2, 0.25) is 0 Å². The van der Waals surface area contributed by atoms with E-state index in [9.17, 15) is 4.79 Å². The summed E-state index contributed by atoms with van der Waals surface area (Å²) in [7, 11) is 0. The monoisotopic (exact) mass is 355 g/mol. The molecule has 1 N–H and O–H groups in total. The fraction of sp³-hybridized carbons (Fsp3) is 0.947. The van der Waals surface area contributed by atoms with Crippen LogP contribution in [0.3, 0.4) is 0 Å². The maximum Gasteiger partial charge on any atom is 0.225 e. The van der Waals surface area contributed by atoms with Crippen molar-refractivity contribution in [3.8, 4) is 0 Å². The van der Waals surface area contributed by atoms with Gasteiger partial charge in [0.15, 0.2) is 0 Å². The van der Waals surface area contributed by atoms with Crippen LogP contribution in [-0.4, -0.2) is 61.0 Å². The number of amides is 1. The zero-order valence-electron chi connectivity index (χ0n) is 14.9. The quantitative estimate of drug-likeness (QED) is 0.826. The molecule has 0 bridgehead atoms. The van der Waals surface area contributed by atoms with Gasteiger partial charge in [-0.15, -0.1) is 12.4 Å². The molecular formula is C19H34ClN3O. The highest BCUT2D eigenvalue weighted by atomic mass is 35.5. The van der Waals surface area contributed by atoms with Gasteiger partial charge in [0.2, 0.25) is 5.91 Å². The van der Waals surface area contributed by atoms with Gasteiger partial charge in [0, 0.05) is 51.2 Å². The first-order valence-electron chi connectivity index (χ1n) is 10.0. The van der Waals surface area contributed by atoms with Crippen molar-refractivity contribution in [2.24, 2.45) is 17.8 Å². The maximum atomic E-state index is 13.0. The summed E-state index contributed by atoms with van der Waals surface area (Å²) < 4.78 is 0. The molecule has 4 aliphatic rings. The fourth-order valence-corrected chi connectivity index (χ4v) is 5.64. The smallest absolute Gasteiger partial charge is 0.225 e. The largest absolute Gasteiger partial charge is 0.341 e. The van der Waals surface area contributed by atoms with E-state index in [1.807, 2.05) is 0 Å². The molecule has 2 aliphatic carbocycles. The summed E-state index contributed by atoms with van der Waals surface area (Å²) in [6.45, 7) is 6.51. The first-order valence-corrected chi connectivity index (χ1v) is 10.0. The van der Waals surface area contributed by atoms with E-state index in [0.29, 0.717) is 17.9 Å². The molecule has 0 aromatic heterocycles. The molecule has 2 heterocycles. The second-order valence-electron chi connectivity index (χ2n) is 8.33. The van der Waals surface area contributed by atoms with Gasteiger partial charge in [0.25, 0.3) is 0 Å². The number of piperazine rings is 1. The highest BCUT2D eigenvalue weighted by molar-refractivity contribution is 5.85. The predicted molar refractivity (Wildman–Crippen MR) is 99.5 cm³/mol. The van der Waals surface area contributed by atoms with Crippen molar-refractivity contribution in [2.75, 3.05) is 39.3 Å². The Labute approximate surface area is 153 Å². The first-order chi connectivity index (χ1) is 11.3. The summed E-state index contributed by atoms with van der Waals surface area (Å²) in [6.07, 6.45) is 10.5. The Kier molecular flexibility index (Phi) is 6.44. The summed E-state index contributed by atoms with van der Waals surface area (Å²) in [5.41, 5.74) is 0. The summed E-state index contributed by atoms with van der Waals surface area (Å²) in [5.74, 6) is 2.64. The van der Waals surface area contributed by atoms with E-state index in [-0.39, 0.29) is 12.4 Å². The lowest BCUT2D eigenvalue weighted by Crippen LogP contribution is -2.49. The summed E-state index contributed by atoms with van der Waals surface area (Å²) in [6, 6.07) is 0.618. The van der Waals surface area contributed by atoms with Crippen molar-refractivity contribution in [2.45, 2.75) is 57.4 Å². The van der Waals surface area contributed by atoms with Crippen molar-refractivity contribution in [3.63, 3.8) is 0 Å². The van der Waals surface area contributed by atoms with Gasteiger partial charge in [-0.3, -0.25) is 9.69 Å². The second-order valence-corrected chi connectivity index (χ2v) is 8.33. The number of rotatable bonds is 2. The molecule has 0 aromatic rings. The third-order valence-electron chi connectivity index (χ3n) is 7.03. The van der Waals surface area contributed by atoms with Crippen molar-refractivity contribution < 1.29 is 4.79 Å². The van der Waals surface area contributed by atoms with E-state index in [1.165, 1.54) is 44.9 Å². The van der Waals surface area contributed by atoms with E-state index >= 15 is 0 Å². The van der Waals surface area contributed by atoms with Crippen molar-refractivity contribution in [1.29, 1.82) is 0 Å². The number of hydrogen-bond donors (Lipinski definition) is 1. The van der Waals surface area contributed by atoms with Crippen LogP contribution in [0.5, 0.6) is 0 Å². The molecule has 2 saturated carbocycles. The second kappa shape index (κ2) is 8.37. The Morgan fingerprint density at radius 2 is 1.62 bits per heavy atom. The SMILES string of the molecule is Cl.O=C(C1CCC2CCCCC2C1)N1CCC(N2CCNCC2)C1. The molecule has 4 unspecified atom stereocenters. The zero-order chi connectivity index (χ0) is 15.6. The van der Waals surface area contributed by atoms with Crippen LogP contribution >= 0.6 is 12.4 Å². The van der Waals surface area contributed by atoms with E-state index < -0.39 is 0 Å². The van der Waals surface area contributed by atoms with Gasteiger partial charge in [-0.1, -0.05) is 25.7 Å². The molecule has 138 valence electrons. The van der Waals surface area contributed by atoms with Crippen molar-refractivity contribution in [3.05, 3.63) is 0 Å². The molecule has 0 aromatic carbocycles. The third-order valence-corrected chi connectivity index (χ3v) is 7.03. The van der Waals surface area contributed by atoms with Crippen LogP contribution in [0, 0.1) is 17.8 Å². The lowest BCUT2D eigenvalue weighted by atomic mass is 9.67. The van der Waals surface area contributed by atoms with Crippen LogP contribution in [0.15, 0.2) is 0 Å². The van der Waals surface area contributed by atoms with Gasteiger partial charge in [0.05, 0.1) is 0 Å². The lowest BCUT2D eigenvalue weighted by molar-refractivity contribution is -0.137. The topological polar surface area (TPSA) is 35.6 Å². The van der Waals surface area contributed by atoms with Gasteiger partial charge in [-0.25, -0.2) is 0 Å². The minimum Gasteiger partial charge on any atom is -0.341 e. The third kappa shape index (κ3) is 3.91. The number of fused-ring (bicyclic) bond motifs is 1. The number of nitrogens with one attached hydrogen (secondary N) is 1. The molecule has 5 heteroatoms. The fourth-order valence-electron chi connectivity index (χ4n) is 5.64. The van der Waals surface area contributed by atoms with Gasteiger partial charge < -0.3 is 10.2 Å². The Bertz CT molecular complexity index is 427. The molecular weight excluding hydrogens is 322 g/mol. The lowest BCUT2D eigenvalue weighted by Gasteiger charge is -2.40. The minimum atomic E-state index is 0. The Hall–Kier alpha value is -0.320. The van der Waals surface area contributed by atoms with Crippen molar-refractivity contribution >= 4 is 18.3 Å². The highest BCUT2D eigenvalue weighted by Crippen LogP contribution is 2.43. The van der Waals surface area contributed by atoms with E-state index in [2.05, 4.69) is 15.1 Å². The summed E-state index contributed by atoms with van der Waals surface area (Å²) in [5, 5.41) is 3.43. The zero-order valence-corrected chi connectivity index (χ0v) is 15.7. The number of nitrogens with zero attached hydrogens (tertiary/aromatic N) is 2. The molecule has 2 aliphatic heterocycles. The van der Waals surface area contributed by atoms with Crippen molar-refractivity contribution in [1.82, 2.24) is 15.1 Å². The van der Waals surface area contributed by atoms with Gasteiger partial charge in [-0.2, -0.15) is 0 Å². The van der Waals surface area contributed by atoms with Gasteiger partial charge >= 0.3 is 0 Å². The Balaban J connectivity index is 0.00000169. The molecule has 24 heavy (non-hydrogen) atoms. The highest BCUT2D eigenvalue weighted by Gasteiger charge is 2.39. The van der Waals surface area contributed by atoms with E-state index in [1.54, 1.807) is 0 Å². The number of likely N-dealkylation sites (tertiary alicyclic amines) is 1. The Morgan fingerprint density at radius 1 is 0.875 bits per heavy atom. The minimum absolute atomic E-state index is 0. The normalized spacial score (nSPS) is 37.6. The Morgan fingerprint density at radius 3 is 2.42 bits per heavy atom.